The summed E-state index contributed by atoms with van der Waals surface area (Å²) >= 11 is 0. The van der Waals surface area contributed by atoms with Crippen LogP contribution in [0.25, 0.3) is 22.3 Å². The van der Waals surface area contributed by atoms with Gasteiger partial charge in [0.1, 0.15) is 17.1 Å². The van der Waals surface area contributed by atoms with Gasteiger partial charge in [0, 0.05) is 23.2 Å². The highest BCUT2D eigenvalue weighted by molar-refractivity contribution is 5.92. The van der Waals surface area contributed by atoms with Crippen molar-refractivity contribution in [1.29, 1.82) is 0 Å². The first-order valence-corrected chi connectivity index (χ1v) is 8.01. The van der Waals surface area contributed by atoms with Gasteiger partial charge in [0.05, 0.1) is 12.5 Å². The molecule has 25 heavy (non-hydrogen) atoms. The molecule has 0 radical (unpaired) electrons. The number of amides is 1. The average molecular weight is 337 g/mol. The Hall–Kier alpha value is -3.08. The summed E-state index contributed by atoms with van der Waals surface area (Å²) in [4.78, 5) is 24.1. The van der Waals surface area contributed by atoms with Gasteiger partial charge in [-0.3, -0.25) is 9.59 Å². The molecule has 0 spiro atoms. The van der Waals surface area contributed by atoms with E-state index in [-0.39, 0.29) is 17.3 Å². The summed E-state index contributed by atoms with van der Waals surface area (Å²) < 4.78 is 11.0. The minimum absolute atomic E-state index is 0.0427. The third kappa shape index (κ3) is 3.55. The molecule has 0 bridgehead atoms. The third-order valence-corrected chi connectivity index (χ3v) is 3.90. The Labute approximate surface area is 145 Å². The Morgan fingerprint density at radius 1 is 1.08 bits per heavy atom. The lowest BCUT2D eigenvalue weighted by atomic mass is 10.1. The predicted octanol–water partition coefficient (Wildman–Crippen LogP) is 4.06. The van der Waals surface area contributed by atoms with Crippen molar-refractivity contribution in [3.63, 3.8) is 0 Å². The Kier molecular flexibility index (Phi) is 4.57. The topological polar surface area (TPSA) is 68.5 Å². The van der Waals surface area contributed by atoms with Crippen molar-refractivity contribution >= 4 is 22.6 Å². The largest absolute Gasteiger partial charge is 0.497 e. The number of rotatable bonds is 4. The molecule has 3 rings (SSSR count). The lowest BCUT2D eigenvalue weighted by molar-refractivity contribution is -0.118. The molecule has 1 amide bonds. The summed E-state index contributed by atoms with van der Waals surface area (Å²) in [7, 11) is 1.55. The van der Waals surface area contributed by atoms with Crippen LogP contribution in [0.2, 0.25) is 0 Å². The molecule has 1 heterocycles. The van der Waals surface area contributed by atoms with Crippen molar-refractivity contribution in [3.05, 3.63) is 58.8 Å². The number of hydrogen-bond acceptors (Lipinski definition) is 4. The van der Waals surface area contributed by atoms with Crippen LogP contribution in [0.4, 0.5) is 5.69 Å². The second kappa shape index (κ2) is 6.81. The zero-order valence-corrected chi connectivity index (χ0v) is 14.3. The van der Waals surface area contributed by atoms with Gasteiger partial charge in [0.25, 0.3) is 0 Å². The maximum atomic E-state index is 12.4. The fourth-order valence-electron chi connectivity index (χ4n) is 2.41. The van der Waals surface area contributed by atoms with Gasteiger partial charge in [-0.2, -0.15) is 0 Å². The number of fused-ring (bicyclic) bond motifs is 1. The molecule has 3 aromatic rings. The van der Waals surface area contributed by atoms with Crippen LogP contribution in [0.3, 0.4) is 0 Å². The minimum Gasteiger partial charge on any atom is -0.497 e. The molecule has 2 aromatic carbocycles. The van der Waals surface area contributed by atoms with Crippen LogP contribution in [0.5, 0.6) is 5.75 Å². The van der Waals surface area contributed by atoms with Crippen LogP contribution in [-0.2, 0) is 4.79 Å². The highest BCUT2D eigenvalue weighted by Crippen LogP contribution is 2.25. The van der Waals surface area contributed by atoms with Crippen LogP contribution in [0.15, 0.2) is 57.7 Å². The number of ether oxygens (including phenoxy) is 1. The molecule has 0 aliphatic rings. The van der Waals surface area contributed by atoms with Crippen molar-refractivity contribution < 1.29 is 13.9 Å². The molecule has 1 aromatic heterocycles. The molecule has 0 aliphatic heterocycles. The Morgan fingerprint density at radius 3 is 2.44 bits per heavy atom. The fraction of sp³-hybridized carbons (Fsp3) is 0.200. The Balaban J connectivity index is 1.94. The van der Waals surface area contributed by atoms with Gasteiger partial charge < -0.3 is 14.5 Å². The first kappa shape index (κ1) is 16.8. The fourth-order valence-corrected chi connectivity index (χ4v) is 2.41. The summed E-state index contributed by atoms with van der Waals surface area (Å²) in [6.45, 7) is 3.67. The van der Waals surface area contributed by atoms with Gasteiger partial charge in [0.15, 0.2) is 5.43 Å². The Morgan fingerprint density at radius 2 is 1.80 bits per heavy atom. The smallest absolute Gasteiger partial charge is 0.226 e. The zero-order valence-electron chi connectivity index (χ0n) is 14.3. The third-order valence-electron chi connectivity index (χ3n) is 3.90. The van der Waals surface area contributed by atoms with E-state index < -0.39 is 0 Å². The van der Waals surface area contributed by atoms with Crippen LogP contribution < -0.4 is 15.5 Å². The number of benzene rings is 2. The van der Waals surface area contributed by atoms with E-state index in [2.05, 4.69) is 5.32 Å². The van der Waals surface area contributed by atoms with Gasteiger partial charge in [-0.15, -0.1) is 0 Å². The summed E-state index contributed by atoms with van der Waals surface area (Å²) in [6, 6.07) is 13.8. The molecule has 0 saturated heterocycles. The lowest BCUT2D eigenvalue weighted by Crippen LogP contribution is -2.17. The molecule has 0 aliphatic carbocycles. The average Bonchev–Trinajstić information content (AvgIpc) is 2.62. The van der Waals surface area contributed by atoms with E-state index in [0.717, 1.165) is 5.56 Å². The normalized spacial score (nSPS) is 10.9. The van der Waals surface area contributed by atoms with Crippen molar-refractivity contribution in [1.82, 2.24) is 0 Å². The van der Waals surface area contributed by atoms with E-state index in [9.17, 15) is 9.59 Å². The summed E-state index contributed by atoms with van der Waals surface area (Å²) in [5.74, 6) is 0.955. The minimum atomic E-state index is -0.132. The van der Waals surface area contributed by atoms with Crippen molar-refractivity contribution in [2.24, 2.45) is 5.92 Å². The first-order valence-electron chi connectivity index (χ1n) is 8.01. The van der Waals surface area contributed by atoms with E-state index in [4.69, 9.17) is 9.15 Å². The Bertz CT molecular complexity index is 971. The van der Waals surface area contributed by atoms with Gasteiger partial charge >= 0.3 is 0 Å². The van der Waals surface area contributed by atoms with Crippen LogP contribution in [0, 0.1) is 5.92 Å². The number of nitrogens with one attached hydrogen (secondary N) is 1. The van der Waals surface area contributed by atoms with Gasteiger partial charge in [-0.05, 0) is 42.5 Å². The zero-order chi connectivity index (χ0) is 18.0. The molecule has 0 unspecified atom stereocenters. The van der Waals surface area contributed by atoms with E-state index in [1.807, 2.05) is 26.0 Å². The van der Waals surface area contributed by atoms with E-state index in [0.29, 0.717) is 28.2 Å². The number of carbonyl (C=O) groups excluding carboxylic acids is 1. The van der Waals surface area contributed by atoms with Gasteiger partial charge in [-0.25, -0.2) is 0 Å². The van der Waals surface area contributed by atoms with Crippen molar-refractivity contribution in [2.45, 2.75) is 13.8 Å². The second-order valence-electron chi connectivity index (χ2n) is 6.06. The molecule has 0 fully saturated rings. The maximum absolute atomic E-state index is 12.4. The van der Waals surface area contributed by atoms with E-state index in [1.54, 1.807) is 37.4 Å². The number of hydrogen-bond donors (Lipinski definition) is 1. The molecule has 0 saturated carbocycles. The molecule has 0 atom stereocenters. The highest BCUT2D eigenvalue weighted by atomic mass is 16.5. The summed E-state index contributed by atoms with van der Waals surface area (Å²) in [5.41, 5.74) is 1.83. The standard InChI is InChI=1S/C20H19NO4/c1-12(2)20(23)21-14-6-4-13(5-7-14)19-11-17(22)16-10-15(24-3)8-9-18(16)25-19/h4-12H,1-3H3,(H,21,23). The quantitative estimate of drug-likeness (QED) is 0.779. The SMILES string of the molecule is COc1ccc2oc(-c3ccc(NC(=O)C(C)C)cc3)cc(=O)c2c1. The highest BCUT2D eigenvalue weighted by Gasteiger charge is 2.10. The van der Waals surface area contributed by atoms with Crippen LogP contribution in [-0.4, -0.2) is 13.0 Å². The molecule has 1 N–H and O–H groups in total. The van der Waals surface area contributed by atoms with Gasteiger partial charge in [-0.1, -0.05) is 13.8 Å². The molecule has 5 heteroatoms. The van der Waals surface area contributed by atoms with Crippen molar-refractivity contribution in [2.75, 3.05) is 12.4 Å². The summed E-state index contributed by atoms with van der Waals surface area (Å²) in [5, 5.41) is 3.30. The lowest BCUT2D eigenvalue weighted by Gasteiger charge is -2.09. The van der Waals surface area contributed by atoms with Crippen LogP contribution in [0.1, 0.15) is 13.8 Å². The number of anilines is 1. The molecule has 128 valence electrons. The number of carbonyl (C=O) groups is 1. The van der Waals surface area contributed by atoms with E-state index in [1.165, 1.54) is 6.07 Å². The summed E-state index contributed by atoms with van der Waals surface area (Å²) in [6.07, 6.45) is 0. The van der Waals surface area contributed by atoms with Crippen molar-refractivity contribution in [3.8, 4) is 17.1 Å². The van der Waals surface area contributed by atoms with Gasteiger partial charge in [0.2, 0.25) is 5.91 Å². The monoisotopic (exact) mass is 337 g/mol. The molecular formula is C20H19NO4. The van der Waals surface area contributed by atoms with E-state index >= 15 is 0 Å². The van der Waals surface area contributed by atoms with Crippen LogP contribution >= 0.6 is 0 Å². The predicted molar refractivity (Wildman–Crippen MR) is 97.9 cm³/mol. The maximum Gasteiger partial charge on any atom is 0.226 e. The second-order valence-corrected chi connectivity index (χ2v) is 6.06. The molecule has 5 nitrogen and oxygen atoms in total. The first-order chi connectivity index (χ1) is 12.0. The molecular weight excluding hydrogens is 318 g/mol. The number of methoxy groups -OCH3 is 1.